The van der Waals surface area contributed by atoms with Crippen molar-refractivity contribution in [3.8, 4) is 6.07 Å². The van der Waals surface area contributed by atoms with Crippen molar-refractivity contribution in [2.24, 2.45) is 0 Å². The van der Waals surface area contributed by atoms with Gasteiger partial charge in [0.25, 0.3) is 0 Å². The summed E-state index contributed by atoms with van der Waals surface area (Å²) < 4.78 is 1.49. The van der Waals surface area contributed by atoms with Crippen LogP contribution in [0.4, 0.5) is 0 Å². The second-order valence-corrected chi connectivity index (χ2v) is 2.16. The monoisotopic (exact) mass is 150 g/mol. The molecule has 1 aromatic heterocycles. The molecule has 0 aliphatic rings. The van der Waals surface area contributed by atoms with Gasteiger partial charge in [-0.3, -0.25) is 0 Å². The zero-order chi connectivity index (χ0) is 8.10. The van der Waals surface area contributed by atoms with Crippen molar-refractivity contribution in [2.75, 3.05) is 6.61 Å². The minimum Gasteiger partial charge on any atom is -0.413 e. The normalized spacial score (nSPS) is 9.09. The van der Waals surface area contributed by atoms with Crippen molar-refractivity contribution in [1.82, 2.24) is 4.73 Å². The molecule has 0 atom stereocenters. The van der Waals surface area contributed by atoms with Crippen molar-refractivity contribution in [2.45, 2.75) is 13.3 Å². The van der Waals surface area contributed by atoms with Crippen LogP contribution in [-0.4, -0.2) is 11.3 Å². The summed E-state index contributed by atoms with van der Waals surface area (Å²) in [4.78, 5) is 5.21. The molecule has 0 N–H and O–H groups in total. The molecule has 0 radical (unpaired) electrons. The minimum atomic E-state index is 0.540. The summed E-state index contributed by atoms with van der Waals surface area (Å²) in [5, 5.41) is 8.56. The first-order valence-corrected chi connectivity index (χ1v) is 3.59. The molecule has 1 aromatic rings. The van der Waals surface area contributed by atoms with Gasteiger partial charge in [-0.2, -0.15) is 9.99 Å². The molecule has 0 saturated heterocycles. The molecule has 1 heterocycles. The van der Waals surface area contributed by atoms with Crippen LogP contribution < -0.4 is 4.84 Å². The second-order valence-electron chi connectivity index (χ2n) is 2.16. The third-order valence-corrected chi connectivity index (χ3v) is 1.26. The molecule has 0 aliphatic carbocycles. The molecule has 58 valence electrons. The molecule has 3 heteroatoms. The highest BCUT2D eigenvalue weighted by Gasteiger charge is 1.97. The highest BCUT2D eigenvalue weighted by Crippen LogP contribution is 1.96. The number of nitrogens with zero attached hydrogens (tertiary/aromatic N) is 2. The van der Waals surface area contributed by atoms with E-state index in [-0.39, 0.29) is 0 Å². The lowest BCUT2D eigenvalue weighted by Gasteiger charge is -2.04. The standard InChI is InChI=1S/C8H10N2O/c1-2-6-11-10-5-3-4-8(10)7-9/h3-5H,2,6H2,1H3. The summed E-state index contributed by atoms with van der Waals surface area (Å²) in [5.74, 6) is 0. The lowest BCUT2D eigenvalue weighted by atomic mass is 10.5. The summed E-state index contributed by atoms with van der Waals surface area (Å²) in [5.41, 5.74) is 0.540. The van der Waals surface area contributed by atoms with Gasteiger partial charge >= 0.3 is 0 Å². The Morgan fingerprint density at radius 2 is 2.55 bits per heavy atom. The SMILES string of the molecule is CCCOn1cccc1C#N. The first-order chi connectivity index (χ1) is 5.38. The van der Waals surface area contributed by atoms with E-state index in [0.717, 1.165) is 6.42 Å². The van der Waals surface area contributed by atoms with Crippen LogP contribution in [0.25, 0.3) is 0 Å². The Morgan fingerprint density at radius 1 is 1.73 bits per heavy atom. The lowest BCUT2D eigenvalue weighted by Crippen LogP contribution is -2.12. The summed E-state index contributed by atoms with van der Waals surface area (Å²) in [6.45, 7) is 2.67. The van der Waals surface area contributed by atoms with Crippen LogP contribution in [0.3, 0.4) is 0 Å². The Balaban J connectivity index is 2.63. The first-order valence-electron chi connectivity index (χ1n) is 3.59. The minimum absolute atomic E-state index is 0.540. The van der Waals surface area contributed by atoms with Crippen LogP contribution in [0, 0.1) is 11.3 Å². The second kappa shape index (κ2) is 3.67. The Hall–Kier alpha value is -1.43. The molecule has 3 nitrogen and oxygen atoms in total. The number of hydrogen-bond donors (Lipinski definition) is 0. The average Bonchev–Trinajstić information content (AvgIpc) is 2.47. The van der Waals surface area contributed by atoms with E-state index in [1.807, 2.05) is 13.0 Å². The Kier molecular flexibility index (Phi) is 2.56. The Bertz CT molecular complexity index is 259. The smallest absolute Gasteiger partial charge is 0.156 e. The molecule has 0 aromatic carbocycles. The lowest BCUT2D eigenvalue weighted by molar-refractivity contribution is 0.109. The Morgan fingerprint density at radius 3 is 3.18 bits per heavy atom. The average molecular weight is 150 g/mol. The number of hydrogen-bond acceptors (Lipinski definition) is 2. The maximum absolute atomic E-state index is 8.56. The van der Waals surface area contributed by atoms with Crippen molar-refractivity contribution in [3.05, 3.63) is 24.0 Å². The molecule has 0 fully saturated rings. The van der Waals surface area contributed by atoms with Crippen molar-refractivity contribution in [3.63, 3.8) is 0 Å². The fraction of sp³-hybridized carbons (Fsp3) is 0.375. The molecule has 0 aliphatic heterocycles. The highest BCUT2D eigenvalue weighted by atomic mass is 16.7. The highest BCUT2D eigenvalue weighted by molar-refractivity contribution is 5.20. The van der Waals surface area contributed by atoms with Gasteiger partial charge in [0, 0.05) is 6.20 Å². The van der Waals surface area contributed by atoms with E-state index < -0.39 is 0 Å². The van der Waals surface area contributed by atoms with Crippen molar-refractivity contribution in [1.29, 1.82) is 5.26 Å². The molecule has 0 unspecified atom stereocenters. The van der Waals surface area contributed by atoms with Gasteiger partial charge in [-0.15, -0.1) is 0 Å². The van der Waals surface area contributed by atoms with Gasteiger partial charge in [-0.25, -0.2) is 0 Å². The van der Waals surface area contributed by atoms with Crippen LogP contribution in [0.15, 0.2) is 18.3 Å². The van der Waals surface area contributed by atoms with E-state index in [0.29, 0.717) is 12.3 Å². The molecule has 0 saturated carbocycles. The number of rotatable bonds is 3. The topological polar surface area (TPSA) is 38.0 Å². The van der Waals surface area contributed by atoms with E-state index in [4.69, 9.17) is 10.1 Å². The fourth-order valence-corrected chi connectivity index (χ4v) is 0.755. The molecular formula is C8H10N2O. The molecule has 0 amide bonds. The Labute approximate surface area is 65.8 Å². The number of nitriles is 1. The fourth-order valence-electron chi connectivity index (χ4n) is 0.755. The molecule has 0 spiro atoms. The quantitative estimate of drug-likeness (QED) is 0.649. The van der Waals surface area contributed by atoms with Crippen LogP contribution >= 0.6 is 0 Å². The van der Waals surface area contributed by atoms with Gasteiger partial charge in [-0.1, -0.05) is 6.92 Å². The van der Waals surface area contributed by atoms with E-state index in [1.54, 1.807) is 18.3 Å². The third-order valence-electron chi connectivity index (χ3n) is 1.26. The predicted octanol–water partition coefficient (Wildman–Crippen LogP) is 1.20. The van der Waals surface area contributed by atoms with Gasteiger partial charge in [-0.05, 0) is 18.6 Å². The van der Waals surface area contributed by atoms with Crippen LogP contribution in [0.1, 0.15) is 19.0 Å². The van der Waals surface area contributed by atoms with E-state index in [9.17, 15) is 0 Å². The van der Waals surface area contributed by atoms with Crippen LogP contribution in [-0.2, 0) is 0 Å². The molecular weight excluding hydrogens is 140 g/mol. The first kappa shape index (κ1) is 7.67. The summed E-state index contributed by atoms with van der Waals surface area (Å²) >= 11 is 0. The van der Waals surface area contributed by atoms with Crippen molar-refractivity contribution >= 4 is 0 Å². The summed E-state index contributed by atoms with van der Waals surface area (Å²) in [7, 11) is 0. The summed E-state index contributed by atoms with van der Waals surface area (Å²) in [6.07, 6.45) is 2.68. The zero-order valence-electron chi connectivity index (χ0n) is 6.45. The number of aromatic nitrogens is 1. The molecule has 1 rings (SSSR count). The van der Waals surface area contributed by atoms with Crippen molar-refractivity contribution < 1.29 is 4.84 Å². The maximum Gasteiger partial charge on any atom is 0.156 e. The van der Waals surface area contributed by atoms with Gasteiger partial charge in [0.1, 0.15) is 12.7 Å². The largest absolute Gasteiger partial charge is 0.413 e. The van der Waals surface area contributed by atoms with E-state index >= 15 is 0 Å². The van der Waals surface area contributed by atoms with Gasteiger partial charge < -0.3 is 4.84 Å². The molecule has 0 bridgehead atoms. The van der Waals surface area contributed by atoms with Gasteiger partial charge in [0.15, 0.2) is 5.69 Å². The van der Waals surface area contributed by atoms with Crippen LogP contribution in [0.5, 0.6) is 0 Å². The van der Waals surface area contributed by atoms with E-state index in [2.05, 4.69) is 0 Å². The molecule has 11 heavy (non-hydrogen) atoms. The van der Waals surface area contributed by atoms with E-state index in [1.165, 1.54) is 4.73 Å². The van der Waals surface area contributed by atoms with Crippen LogP contribution in [0.2, 0.25) is 0 Å². The predicted molar refractivity (Wildman–Crippen MR) is 40.9 cm³/mol. The summed E-state index contributed by atoms with van der Waals surface area (Å²) in [6, 6.07) is 5.53. The maximum atomic E-state index is 8.56. The third kappa shape index (κ3) is 1.74. The van der Waals surface area contributed by atoms with Gasteiger partial charge in [0.05, 0.1) is 0 Å². The van der Waals surface area contributed by atoms with Gasteiger partial charge in [0.2, 0.25) is 0 Å². The zero-order valence-corrected chi connectivity index (χ0v) is 6.45.